The lowest BCUT2D eigenvalue weighted by Crippen LogP contribution is -2.13. The molecule has 1 aliphatic carbocycles. The summed E-state index contributed by atoms with van der Waals surface area (Å²) in [5.74, 6) is -0.768. The van der Waals surface area contributed by atoms with Gasteiger partial charge in [-0.1, -0.05) is 0 Å². The van der Waals surface area contributed by atoms with Crippen LogP contribution < -0.4 is 5.69 Å². The lowest BCUT2D eigenvalue weighted by molar-refractivity contribution is 0.0479. The second-order valence-corrected chi connectivity index (χ2v) is 6.89. The highest BCUT2D eigenvalue weighted by Gasteiger charge is 2.20. The van der Waals surface area contributed by atoms with Crippen molar-refractivity contribution in [2.45, 2.75) is 19.3 Å². The number of ether oxygens (including phenoxy) is 1. The van der Waals surface area contributed by atoms with E-state index in [0.29, 0.717) is 21.5 Å². The summed E-state index contributed by atoms with van der Waals surface area (Å²) in [6.07, 6.45) is 3.16. The van der Waals surface area contributed by atoms with E-state index >= 15 is 0 Å². The first-order chi connectivity index (χ1) is 11.6. The van der Waals surface area contributed by atoms with Crippen molar-refractivity contribution in [1.29, 1.82) is 0 Å². The Balaban J connectivity index is 1.44. The molecule has 3 aromatic rings. The van der Waals surface area contributed by atoms with Crippen LogP contribution >= 0.6 is 11.3 Å². The maximum absolute atomic E-state index is 12.2. The van der Waals surface area contributed by atoms with Gasteiger partial charge in [-0.25, -0.2) is 9.59 Å². The number of ketones is 1. The molecule has 0 atom stereocenters. The van der Waals surface area contributed by atoms with Crippen molar-refractivity contribution >= 4 is 34.1 Å². The largest absolute Gasteiger partial charge is 0.453 e. The Morgan fingerprint density at radius 2 is 1.96 bits per heavy atom. The maximum atomic E-state index is 12.2. The Labute approximate surface area is 140 Å². The zero-order chi connectivity index (χ0) is 16.7. The first-order valence-electron chi connectivity index (χ1n) is 7.64. The van der Waals surface area contributed by atoms with E-state index in [4.69, 9.17) is 4.74 Å². The minimum Gasteiger partial charge on any atom is -0.453 e. The van der Waals surface area contributed by atoms with Crippen molar-refractivity contribution in [2.75, 3.05) is 6.61 Å². The van der Waals surface area contributed by atoms with Crippen molar-refractivity contribution in [1.82, 2.24) is 9.97 Å². The molecule has 0 saturated carbocycles. The monoisotopic (exact) mass is 342 g/mol. The van der Waals surface area contributed by atoms with E-state index in [-0.39, 0.29) is 18.1 Å². The van der Waals surface area contributed by atoms with Gasteiger partial charge in [-0.3, -0.25) is 4.79 Å². The number of thiophene rings is 1. The zero-order valence-corrected chi connectivity index (χ0v) is 13.5. The summed E-state index contributed by atoms with van der Waals surface area (Å²) in [7, 11) is 0. The summed E-state index contributed by atoms with van der Waals surface area (Å²) >= 11 is 1.45. The Morgan fingerprint density at radius 1 is 1.12 bits per heavy atom. The summed E-state index contributed by atoms with van der Waals surface area (Å²) in [5, 5.41) is 0. The molecule has 0 unspecified atom stereocenters. The molecule has 0 bridgehead atoms. The highest BCUT2D eigenvalue weighted by Crippen LogP contribution is 2.30. The number of hydrogen-bond acceptors (Lipinski definition) is 5. The third-order valence-electron chi connectivity index (χ3n) is 4.12. The van der Waals surface area contributed by atoms with Crippen LogP contribution in [0.2, 0.25) is 0 Å². The maximum Gasteiger partial charge on any atom is 0.348 e. The first kappa shape index (κ1) is 14.9. The fourth-order valence-electron chi connectivity index (χ4n) is 2.92. The average molecular weight is 342 g/mol. The van der Waals surface area contributed by atoms with Crippen LogP contribution in [-0.2, 0) is 17.6 Å². The van der Waals surface area contributed by atoms with E-state index in [1.54, 1.807) is 18.2 Å². The molecule has 0 radical (unpaired) electrons. The average Bonchev–Trinajstić information content (AvgIpc) is 3.23. The van der Waals surface area contributed by atoms with Crippen molar-refractivity contribution < 1.29 is 14.3 Å². The number of nitrogens with one attached hydrogen (secondary N) is 2. The van der Waals surface area contributed by atoms with Gasteiger partial charge in [0.05, 0.1) is 11.0 Å². The number of imidazole rings is 1. The molecule has 1 aliphatic rings. The molecular weight excluding hydrogens is 328 g/mol. The number of aryl methyl sites for hydroxylation is 2. The molecule has 0 saturated heterocycles. The van der Waals surface area contributed by atoms with Crippen LogP contribution in [-0.4, -0.2) is 28.3 Å². The summed E-state index contributed by atoms with van der Waals surface area (Å²) in [5.41, 5.74) is 2.46. The second kappa shape index (κ2) is 5.76. The SMILES string of the molecule is O=C(COC(=O)c1cc2c(s1)CCC2)c1ccc2[nH]c(=O)[nH]c2c1. The zero-order valence-electron chi connectivity index (χ0n) is 12.7. The fourth-order valence-corrected chi connectivity index (χ4v) is 4.07. The van der Waals surface area contributed by atoms with Crippen LogP contribution in [0.3, 0.4) is 0 Å². The van der Waals surface area contributed by atoms with E-state index in [2.05, 4.69) is 9.97 Å². The van der Waals surface area contributed by atoms with Crippen LogP contribution in [0.25, 0.3) is 11.0 Å². The van der Waals surface area contributed by atoms with Crippen LogP contribution in [0.15, 0.2) is 29.1 Å². The van der Waals surface area contributed by atoms with E-state index in [1.807, 2.05) is 6.07 Å². The number of aromatic nitrogens is 2. The van der Waals surface area contributed by atoms with E-state index in [9.17, 15) is 14.4 Å². The molecule has 24 heavy (non-hydrogen) atoms. The number of fused-ring (bicyclic) bond motifs is 2. The minimum absolute atomic E-state index is 0.309. The Kier molecular flexibility index (Phi) is 3.57. The van der Waals surface area contributed by atoms with E-state index < -0.39 is 5.97 Å². The number of carbonyl (C=O) groups is 2. The number of esters is 1. The summed E-state index contributed by atoms with van der Waals surface area (Å²) in [4.78, 5) is 42.5. The quantitative estimate of drug-likeness (QED) is 0.563. The van der Waals surface area contributed by atoms with Crippen LogP contribution in [0.4, 0.5) is 0 Å². The number of Topliss-reactive ketones (excluding diaryl/α,β-unsaturated/α-hetero) is 1. The highest BCUT2D eigenvalue weighted by molar-refractivity contribution is 7.14. The molecule has 0 fully saturated rings. The smallest absolute Gasteiger partial charge is 0.348 e. The van der Waals surface area contributed by atoms with Gasteiger partial charge >= 0.3 is 11.7 Å². The Morgan fingerprint density at radius 3 is 2.79 bits per heavy atom. The number of rotatable bonds is 4. The molecule has 122 valence electrons. The number of carbonyl (C=O) groups excluding carboxylic acids is 2. The van der Waals surface area contributed by atoms with Gasteiger partial charge in [-0.15, -0.1) is 11.3 Å². The number of hydrogen-bond donors (Lipinski definition) is 2. The summed E-state index contributed by atoms with van der Waals surface area (Å²) < 4.78 is 5.14. The predicted octanol–water partition coefficient (Wildman–Crippen LogP) is 2.45. The first-order valence-corrected chi connectivity index (χ1v) is 8.46. The van der Waals surface area contributed by atoms with Crippen LogP contribution in [0.1, 0.15) is 36.9 Å². The van der Waals surface area contributed by atoms with E-state index in [0.717, 1.165) is 19.3 Å². The van der Waals surface area contributed by atoms with Gasteiger partial charge in [-0.05, 0) is 49.1 Å². The molecule has 0 aliphatic heterocycles. The minimum atomic E-state index is -0.459. The fraction of sp³-hybridized carbons (Fsp3) is 0.235. The molecule has 6 nitrogen and oxygen atoms in total. The summed E-state index contributed by atoms with van der Waals surface area (Å²) in [6.45, 7) is -0.318. The van der Waals surface area contributed by atoms with Crippen molar-refractivity contribution in [2.24, 2.45) is 0 Å². The number of benzene rings is 1. The Bertz CT molecular complexity index is 990. The van der Waals surface area contributed by atoms with Gasteiger partial charge in [-0.2, -0.15) is 0 Å². The topological polar surface area (TPSA) is 92.0 Å². The third kappa shape index (κ3) is 2.67. The molecule has 2 aromatic heterocycles. The molecule has 1 aromatic carbocycles. The predicted molar refractivity (Wildman–Crippen MR) is 89.9 cm³/mol. The van der Waals surface area contributed by atoms with Gasteiger partial charge in [0.2, 0.25) is 0 Å². The number of aromatic amines is 2. The van der Waals surface area contributed by atoms with Gasteiger partial charge in [0.15, 0.2) is 12.4 Å². The van der Waals surface area contributed by atoms with E-state index in [1.165, 1.54) is 21.8 Å². The summed E-state index contributed by atoms with van der Waals surface area (Å²) in [6, 6.07) is 6.69. The van der Waals surface area contributed by atoms with Crippen molar-refractivity contribution in [3.05, 3.63) is 55.6 Å². The molecular formula is C17H14N2O4S. The standard InChI is InChI=1S/C17H14N2O4S/c20-13(9-4-5-11-12(6-9)19-17(22)18-11)8-23-16(21)15-7-10-2-1-3-14(10)24-15/h4-7H,1-3,8H2,(H2,18,19,22). The van der Waals surface area contributed by atoms with Crippen molar-refractivity contribution in [3.63, 3.8) is 0 Å². The molecule has 2 heterocycles. The van der Waals surface area contributed by atoms with Crippen LogP contribution in [0.5, 0.6) is 0 Å². The normalized spacial score (nSPS) is 13.2. The van der Waals surface area contributed by atoms with Crippen LogP contribution in [0, 0.1) is 0 Å². The van der Waals surface area contributed by atoms with Gasteiger partial charge in [0.1, 0.15) is 4.88 Å². The lowest BCUT2D eigenvalue weighted by atomic mass is 10.1. The third-order valence-corrected chi connectivity index (χ3v) is 5.34. The van der Waals surface area contributed by atoms with Gasteiger partial charge in [0, 0.05) is 10.4 Å². The lowest BCUT2D eigenvalue weighted by Gasteiger charge is -2.03. The van der Waals surface area contributed by atoms with Crippen molar-refractivity contribution in [3.8, 4) is 0 Å². The molecule has 4 rings (SSSR count). The molecule has 2 N–H and O–H groups in total. The molecule has 7 heteroatoms. The van der Waals surface area contributed by atoms with Gasteiger partial charge in [0.25, 0.3) is 0 Å². The highest BCUT2D eigenvalue weighted by atomic mass is 32.1. The van der Waals surface area contributed by atoms with Gasteiger partial charge < -0.3 is 14.7 Å². The second-order valence-electron chi connectivity index (χ2n) is 5.75. The Hall–Kier alpha value is -2.67. The molecule has 0 spiro atoms. The number of H-pyrrole nitrogens is 2. The molecule has 0 amide bonds.